The normalized spacial score (nSPS) is 10.8. The zero-order valence-electron chi connectivity index (χ0n) is 16.1. The molecule has 0 bridgehead atoms. The SMILES string of the molecule is CCCOc1ccc(CNCC(=O)O)cc1-c1nc(CC)c(CC)c(=O)[nH]1. The van der Waals surface area contributed by atoms with Gasteiger partial charge in [-0.1, -0.05) is 26.8 Å². The summed E-state index contributed by atoms with van der Waals surface area (Å²) in [7, 11) is 0. The van der Waals surface area contributed by atoms with E-state index in [1.54, 1.807) is 0 Å². The Morgan fingerprint density at radius 2 is 2.04 bits per heavy atom. The number of aromatic amines is 1. The fraction of sp³-hybridized carbons (Fsp3) is 0.450. The molecule has 2 aromatic rings. The van der Waals surface area contributed by atoms with Crippen molar-refractivity contribution < 1.29 is 14.6 Å². The molecule has 0 saturated heterocycles. The topological polar surface area (TPSA) is 104 Å². The lowest BCUT2D eigenvalue weighted by molar-refractivity contribution is -0.135. The van der Waals surface area contributed by atoms with Gasteiger partial charge in [-0.2, -0.15) is 0 Å². The Hall–Kier alpha value is -2.67. The molecule has 0 aliphatic heterocycles. The van der Waals surface area contributed by atoms with Gasteiger partial charge in [0.05, 0.1) is 24.4 Å². The summed E-state index contributed by atoms with van der Waals surface area (Å²) < 4.78 is 5.83. The van der Waals surface area contributed by atoms with Crippen molar-refractivity contribution in [3.05, 3.63) is 45.4 Å². The number of nitrogens with one attached hydrogen (secondary N) is 2. The maximum Gasteiger partial charge on any atom is 0.317 e. The average Bonchev–Trinajstić information content (AvgIpc) is 2.65. The van der Waals surface area contributed by atoms with Crippen molar-refractivity contribution in [1.82, 2.24) is 15.3 Å². The molecular weight excluding hydrogens is 346 g/mol. The second-order valence-electron chi connectivity index (χ2n) is 6.22. The highest BCUT2D eigenvalue weighted by atomic mass is 16.5. The summed E-state index contributed by atoms with van der Waals surface area (Å²) in [5.74, 6) is 0.209. The predicted molar refractivity (Wildman–Crippen MR) is 104 cm³/mol. The maximum atomic E-state index is 12.5. The van der Waals surface area contributed by atoms with Crippen LogP contribution in [0.1, 0.15) is 44.0 Å². The zero-order chi connectivity index (χ0) is 19.8. The summed E-state index contributed by atoms with van der Waals surface area (Å²) in [6.07, 6.45) is 2.16. The van der Waals surface area contributed by atoms with Crippen LogP contribution in [-0.2, 0) is 24.2 Å². The van der Waals surface area contributed by atoms with Crippen molar-refractivity contribution in [3.8, 4) is 17.1 Å². The number of H-pyrrole nitrogens is 1. The molecule has 0 atom stereocenters. The molecule has 1 heterocycles. The van der Waals surface area contributed by atoms with Crippen LogP contribution in [-0.4, -0.2) is 34.2 Å². The molecule has 0 amide bonds. The van der Waals surface area contributed by atoms with Crippen LogP contribution in [0.4, 0.5) is 0 Å². The Morgan fingerprint density at radius 3 is 2.67 bits per heavy atom. The Morgan fingerprint density at radius 1 is 1.26 bits per heavy atom. The third kappa shape index (κ3) is 5.40. The molecule has 0 fully saturated rings. The Kier molecular flexibility index (Phi) is 7.55. The number of aryl methyl sites for hydroxylation is 1. The van der Waals surface area contributed by atoms with Gasteiger partial charge in [0.2, 0.25) is 0 Å². The summed E-state index contributed by atoms with van der Waals surface area (Å²) >= 11 is 0. The second-order valence-corrected chi connectivity index (χ2v) is 6.22. The minimum Gasteiger partial charge on any atom is -0.493 e. The zero-order valence-corrected chi connectivity index (χ0v) is 16.1. The van der Waals surface area contributed by atoms with Crippen LogP contribution < -0.4 is 15.6 Å². The van der Waals surface area contributed by atoms with Gasteiger partial charge < -0.3 is 20.1 Å². The highest BCUT2D eigenvalue weighted by Crippen LogP contribution is 2.29. The van der Waals surface area contributed by atoms with Gasteiger partial charge in [-0.3, -0.25) is 9.59 Å². The van der Waals surface area contributed by atoms with Crippen molar-refractivity contribution in [3.63, 3.8) is 0 Å². The van der Waals surface area contributed by atoms with Crippen molar-refractivity contribution >= 4 is 5.97 Å². The van der Waals surface area contributed by atoms with Crippen LogP contribution in [0.5, 0.6) is 5.75 Å². The average molecular weight is 373 g/mol. The lowest BCUT2D eigenvalue weighted by Gasteiger charge is -2.14. The standard InChI is InChI=1S/C20H27N3O4/c1-4-9-27-17-8-7-13(11-21-12-18(24)25)10-15(17)19-22-16(6-3)14(5-2)20(26)23-19/h7-8,10,21H,4-6,9,11-12H2,1-3H3,(H,24,25)(H,22,23,26). The summed E-state index contributed by atoms with van der Waals surface area (Å²) in [6, 6.07) is 5.59. The molecule has 0 aliphatic carbocycles. The molecule has 0 radical (unpaired) electrons. The first-order valence-corrected chi connectivity index (χ1v) is 9.30. The fourth-order valence-electron chi connectivity index (χ4n) is 2.85. The van der Waals surface area contributed by atoms with E-state index in [2.05, 4.69) is 15.3 Å². The van der Waals surface area contributed by atoms with Gasteiger partial charge in [-0.15, -0.1) is 0 Å². The number of nitrogens with zero attached hydrogens (tertiary/aromatic N) is 1. The monoisotopic (exact) mass is 373 g/mol. The molecule has 3 N–H and O–H groups in total. The number of rotatable bonds is 10. The Bertz CT molecular complexity index is 846. The van der Waals surface area contributed by atoms with E-state index in [9.17, 15) is 9.59 Å². The number of carboxylic acids is 1. The number of hydrogen-bond acceptors (Lipinski definition) is 5. The van der Waals surface area contributed by atoms with E-state index >= 15 is 0 Å². The first-order chi connectivity index (χ1) is 13.0. The van der Waals surface area contributed by atoms with E-state index in [4.69, 9.17) is 9.84 Å². The molecule has 0 saturated carbocycles. The summed E-state index contributed by atoms with van der Waals surface area (Å²) in [4.78, 5) is 30.7. The van der Waals surface area contributed by atoms with Crippen LogP contribution in [0, 0.1) is 0 Å². The van der Waals surface area contributed by atoms with E-state index in [1.807, 2.05) is 39.0 Å². The third-order valence-electron chi connectivity index (χ3n) is 4.16. The minimum atomic E-state index is -0.910. The molecule has 2 rings (SSSR count). The number of aliphatic carboxylic acids is 1. The van der Waals surface area contributed by atoms with Gasteiger partial charge in [0.15, 0.2) is 0 Å². The fourth-order valence-corrected chi connectivity index (χ4v) is 2.85. The third-order valence-corrected chi connectivity index (χ3v) is 4.16. The van der Waals surface area contributed by atoms with E-state index in [-0.39, 0.29) is 12.1 Å². The van der Waals surface area contributed by atoms with Crippen LogP contribution in [0.15, 0.2) is 23.0 Å². The number of benzene rings is 1. The highest BCUT2D eigenvalue weighted by Gasteiger charge is 2.14. The molecule has 7 nitrogen and oxygen atoms in total. The molecule has 1 aromatic heterocycles. The largest absolute Gasteiger partial charge is 0.493 e. The minimum absolute atomic E-state index is 0.121. The molecule has 0 spiro atoms. The molecule has 146 valence electrons. The van der Waals surface area contributed by atoms with Gasteiger partial charge >= 0.3 is 5.97 Å². The van der Waals surface area contributed by atoms with Crippen LogP contribution in [0.25, 0.3) is 11.4 Å². The molecule has 1 aromatic carbocycles. The van der Waals surface area contributed by atoms with Crippen LogP contribution in [0.3, 0.4) is 0 Å². The van der Waals surface area contributed by atoms with Gasteiger partial charge in [0.25, 0.3) is 5.56 Å². The molecule has 7 heteroatoms. The summed E-state index contributed by atoms with van der Waals surface area (Å²) in [5.41, 5.74) is 2.95. The first kappa shape index (κ1) is 20.6. The highest BCUT2D eigenvalue weighted by molar-refractivity contribution is 5.69. The second kappa shape index (κ2) is 9.87. The van der Waals surface area contributed by atoms with Crippen LogP contribution in [0.2, 0.25) is 0 Å². The van der Waals surface area contributed by atoms with E-state index in [1.165, 1.54) is 0 Å². The van der Waals surface area contributed by atoms with Gasteiger partial charge in [-0.25, -0.2) is 4.98 Å². The Labute approximate surface area is 158 Å². The molecule has 0 aliphatic rings. The van der Waals surface area contributed by atoms with E-state index in [0.717, 1.165) is 17.7 Å². The summed E-state index contributed by atoms with van der Waals surface area (Å²) in [6.45, 7) is 6.77. The molecule has 0 unspecified atom stereocenters. The number of carbonyl (C=O) groups is 1. The molecule has 27 heavy (non-hydrogen) atoms. The van der Waals surface area contributed by atoms with Gasteiger partial charge in [-0.05, 0) is 37.0 Å². The smallest absolute Gasteiger partial charge is 0.317 e. The van der Waals surface area contributed by atoms with Crippen LogP contribution >= 0.6 is 0 Å². The lowest BCUT2D eigenvalue weighted by atomic mass is 10.1. The van der Waals surface area contributed by atoms with Gasteiger partial charge in [0.1, 0.15) is 11.6 Å². The lowest BCUT2D eigenvalue weighted by Crippen LogP contribution is -2.22. The number of carboxylic acid groups (broad SMARTS) is 1. The number of hydrogen-bond donors (Lipinski definition) is 3. The van der Waals surface area contributed by atoms with E-state index < -0.39 is 5.97 Å². The predicted octanol–water partition coefficient (Wildman–Crippen LogP) is 2.52. The van der Waals surface area contributed by atoms with Crippen molar-refractivity contribution in [2.45, 2.75) is 46.6 Å². The van der Waals surface area contributed by atoms with E-state index in [0.29, 0.717) is 48.7 Å². The van der Waals surface area contributed by atoms with Crippen molar-refractivity contribution in [2.24, 2.45) is 0 Å². The van der Waals surface area contributed by atoms with Gasteiger partial charge in [0, 0.05) is 12.1 Å². The first-order valence-electron chi connectivity index (χ1n) is 9.30. The Balaban J connectivity index is 2.46. The maximum absolute atomic E-state index is 12.5. The summed E-state index contributed by atoms with van der Waals surface area (Å²) in [5, 5.41) is 11.6. The van der Waals surface area contributed by atoms with Crippen molar-refractivity contribution in [1.29, 1.82) is 0 Å². The van der Waals surface area contributed by atoms with Crippen molar-refractivity contribution in [2.75, 3.05) is 13.2 Å². The number of aromatic nitrogens is 2. The molecular formula is C20H27N3O4. The quantitative estimate of drug-likeness (QED) is 0.591. The number of ether oxygens (including phenoxy) is 1.